The third kappa shape index (κ3) is 4.48. The van der Waals surface area contributed by atoms with Crippen LogP contribution in [0.1, 0.15) is 30.5 Å². The summed E-state index contributed by atoms with van der Waals surface area (Å²) in [6.07, 6.45) is 5.34. The van der Waals surface area contributed by atoms with Crippen molar-refractivity contribution >= 4 is 11.7 Å². The van der Waals surface area contributed by atoms with Crippen molar-refractivity contribution < 1.29 is 9.53 Å². The number of benzene rings is 1. The van der Waals surface area contributed by atoms with Crippen molar-refractivity contribution in [2.45, 2.75) is 32.1 Å². The molecule has 1 aromatic carbocycles. The van der Waals surface area contributed by atoms with Crippen LogP contribution in [0.2, 0.25) is 0 Å². The van der Waals surface area contributed by atoms with Gasteiger partial charge in [-0.1, -0.05) is 24.3 Å². The Kier molecular flexibility index (Phi) is 5.68. The fourth-order valence-corrected chi connectivity index (χ4v) is 3.91. The highest BCUT2D eigenvalue weighted by molar-refractivity contribution is 5.94. The van der Waals surface area contributed by atoms with E-state index in [1.165, 1.54) is 12.0 Å². The molecule has 0 aliphatic carbocycles. The second kappa shape index (κ2) is 8.53. The molecule has 1 N–H and O–H groups in total. The molecule has 1 atom stereocenters. The third-order valence-electron chi connectivity index (χ3n) is 5.47. The van der Waals surface area contributed by atoms with Crippen molar-refractivity contribution in [2.75, 3.05) is 31.1 Å². The number of hydrogen-bond donors (Lipinski definition) is 1. The summed E-state index contributed by atoms with van der Waals surface area (Å²) in [6, 6.07) is 13.8. The number of nitrogens with zero attached hydrogens (tertiary/aromatic N) is 2. The molecule has 0 radical (unpaired) electrons. The van der Waals surface area contributed by atoms with Gasteiger partial charge >= 0.3 is 0 Å². The monoisotopic (exact) mass is 365 g/mol. The van der Waals surface area contributed by atoms with E-state index in [9.17, 15) is 4.79 Å². The highest BCUT2D eigenvalue weighted by Crippen LogP contribution is 2.26. The molecular formula is C22H27N3O2. The molecule has 0 bridgehead atoms. The van der Waals surface area contributed by atoms with Crippen LogP contribution in [-0.2, 0) is 17.6 Å². The number of ether oxygens (including phenoxy) is 1. The molecule has 2 aromatic rings. The van der Waals surface area contributed by atoms with E-state index in [1.54, 1.807) is 0 Å². The lowest BCUT2D eigenvalue weighted by atomic mass is 10.00. The first-order valence-corrected chi connectivity index (χ1v) is 9.97. The topological polar surface area (TPSA) is 54.5 Å². The number of anilines is 1. The van der Waals surface area contributed by atoms with Crippen molar-refractivity contribution in [3.8, 4) is 5.75 Å². The minimum absolute atomic E-state index is 0.0237. The fraction of sp³-hybridized carbons (Fsp3) is 0.455. The summed E-state index contributed by atoms with van der Waals surface area (Å²) in [6.45, 7) is 3.01. The maximum atomic E-state index is 12.8. The predicted molar refractivity (Wildman–Crippen MR) is 106 cm³/mol. The van der Waals surface area contributed by atoms with Gasteiger partial charge in [-0.25, -0.2) is 4.98 Å². The zero-order valence-corrected chi connectivity index (χ0v) is 15.7. The van der Waals surface area contributed by atoms with E-state index < -0.39 is 0 Å². The minimum Gasteiger partial charge on any atom is -0.484 e. The van der Waals surface area contributed by atoms with E-state index in [0.717, 1.165) is 62.0 Å². The number of rotatable bonds is 6. The third-order valence-corrected chi connectivity index (χ3v) is 5.47. The number of amides is 1. The summed E-state index contributed by atoms with van der Waals surface area (Å²) in [7, 11) is 0. The lowest BCUT2D eigenvalue weighted by Gasteiger charge is -2.28. The zero-order valence-electron chi connectivity index (χ0n) is 15.7. The lowest BCUT2D eigenvalue weighted by molar-refractivity contribution is -0.120. The molecule has 1 fully saturated rings. The van der Waals surface area contributed by atoms with Crippen LogP contribution in [-0.4, -0.2) is 37.1 Å². The fourth-order valence-electron chi connectivity index (χ4n) is 3.91. The lowest BCUT2D eigenvalue weighted by Crippen LogP contribution is -2.39. The molecule has 1 aromatic heterocycles. The van der Waals surface area contributed by atoms with Gasteiger partial charge < -0.3 is 10.1 Å². The number of pyridine rings is 1. The van der Waals surface area contributed by atoms with Crippen molar-refractivity contribution in [2.24, 2.45) is 5.92 Å². The Morgan fingerprint density at radius 1 is 1.22 bits per heavy atom. The van der Waals surface area contributed by atoms with Crippen LogP contribution in [0.25, 0.3) is 0 Å². The maximum Gasteiger partial charge on any atom is 0.266 e. The molecule has 0 saturated carbocycles. The van der Waals surface area contributed by atoms with Crippen molar-refractivity contribution in [3.63, 3.8) is 0 Å². The molecule has 0 unspecified atom stereocenters. The summed E-state index contributed by atoms with van der Waals surface area (Å²) < 4.78 is 5.66. The molecule has 5 heteroatoms. The van der Waals surface area contributed by atoms with E-state index in [0.29, 0.717) is 6.54 Å². The standard InChI is InChI=1S/C22H27N3O2/c26-21(16-27-20-6-2-1-3-7-20)25-14-4-5-18-9-11-19(24-22(18)25)10-8-17-12-13-23-15-17/h1-3,6-7,9,11,17,23H,4-5,8,10,12-16H2/t17-/m1/s1. The number of carbonyl (C=O) groups excluding carboxylic acids is 1. The number of para-hydroxylation sites is 1. The average Bonchev–Trinajstić information content (AvgIpc) is 3.24. The number of nitrogens with one attached hydrogen (secondary N) is 1. The van der Waals surface area contributed by atoms with Gasteiger partial charge in [0.25, 0.3) is 5.91 Å². The first kappa shape index (κ1) is 18.0. The Morgan fingerprint density at radius 2 is 2.11 bits per heavy atom. The largest absolute Gasteiger partial charge is 0.484 e. The summed E-state index contributed by atoms with van der Waals surface area (Å²) >= 11 is 0. The van der Waals surface area contributed by atoms with E-state index in [1.807, 2.05) is 35.2 Å². The highest BCUT2D eigenvalue weighted by atomic mass is 16.5. The Bertz CT molecular complexity index is 772. The quantitative estimate of drug-likeness (QED) is 0.855. The Labute approximate surface area is 160 Å². The molecule has 5 nitrogen and oxygen atoms in total. The molecule has 142 valence electrons. The van der Waals surface area contributed by atoms with Gasteiger partial charge in [0.1, 0.15) is 11.6 Å². The van der Waals surface area contributed by atoms with Crippen LogP contribution < -0.4 is 15.0 Å². The zero-order chi connectivity index (χ0) is 18.5. The Balaban J connectivity index is 1.42. The second-order valence-electron chi connectivity index (χ2n) is 7.43. The number of aromatic nitrogens is 1. The summed E-state index contributed by atoms with van der Waals surface area (Å²) in [5.74, 6) is 2.28. The first-order chi connectivity index (χ1) is 13.3. The van der Waals surface area contributed by atoms with Crippen LogP contribution in [0, 0.1) is 5.92 Å². The minimum atomic E-state index is -0.0237. The van der Waals surface area contributed by atoms with Crippen LogP contribution in [0.15, 0.2) is 42.5 Å². The summed E-state index contributed by atoms with van der Waals surface area (Å²) in [5.41, 5.74) is 2.25. The van der Waals surface area contributed by atoms with Gasteiger partial charge in [-0.05, 0) is 74.9 Å². The smallest absolute Gasteiger partial charge is 0.266 e. The van der Waals surface area contributed by atoms with E-state index >= 15 is 0 Å². The van der Waals surface area contributed by atoms with Gasteiger partial charge in [-0.2, -0.15) is 0 Å². The second-order valence-corrected chi connectivity index (χ2v) is 7.43. The van der Waals surface area contributed by atoms with Crippen molar-refractivity contribution in [1.82, 2.24) is 10.3 Å². The normalized spacial score (nSPS) is 19.0. The first-order valence-electron chi connectivity index (χ1n) is 9.97. The number of carbonyl (C=O) groups is 1. The van der Waals surface area contributed by atoms with E-state index in [4.69, 9.17) is 9.72 Å². The van der Waals surface area contributed by atoms with Gasteiger partial charge in [0, 0.05) is 12.2 Å². The van der Waals surface area contributed by atoms with Crippen LogP contribution in [0.3, 0.4) is 0 Å². The maximum absolute atomic E-state index is 12.8. The molecule has 4 rings (SSSR count). The van der Waals surface area contributed by atoms with Crippen molar-refractivity contribution in [1.29, 1.82) is 0 Å². The van der Waals surface area contributed by atoms with Gasteiger partial charge in [0.05, 0.1) is 0 Å². The van der Waals surface area contributed by atoms with E-state index in [-0.39, 0.29) is 12.5 Å². The average molecular weight is 365 g/mol. The summed E-state index contributed by atoms with van der Waals surface area (Å²) in [5, 5.41) is 3.42. The van der Waals surface area contributed by atoms with Gasteiger partial charge in [0.15, 0.2) is 6.61 Å². The predicted octanol–water partition coefficient (Wildman–Crippen LogP) is 2.98. The summed E-state index contributed by atoms with van der Waals surface area (Å²) in [4.78, 5) is 19.4. The van der Waals surface area contributed by atoms with Gasteiger partial charge in [-0.3, -0.25) is 9.69 Å². The molecule has 0 spiro atoms. The molecule has 1 amide bonds. The molecular weight excluding hydrogens is 338 g/mol. The number of hydrogen-bond acceptors (Lipinski definition) is 4. The molecule has 1 saturated heterocycles. The Hall–Kier alpha value is -2.40. The van der Waals surface area contributed by atoms with Gasteiger partial charge in [0.2, 0.25) is 0 Å². The molecule has 27 heavy (non-hydrogen) atoms. The highest BCUT2D eigenvalue weighted by Gasteiger charge is 2.25. The number of fused-ring (bicyclic) bond motifs is 1. The number of aryl methyl sites for hydroxylation is 2. The molecule has 3 heterocycles. The van der Waals surface area contributed by atoms with Crippen molar-refractivity contribution in [3.05, 3.63) is 53.7 Å². The molecule has 2 aliphatic rings. The molecule has 2 aliphatic heterocycles. The van der Waals surface area contributed by atoms with Crippen LogP contribution in [0.4, 0.5) is 5.82 Å². The Morgan fingerprint density at radius 3 is 2.93 bits per heavy atom. The SMILES string of the molecule is O=C(COc1ccccc1)N1CCCc2ccc(CC[C@@H]3CCNC3)nc21. The van der Waals surface area contributed by atoms with E-state index in [2.05, 4.69) is 17.4 Å². The van der Waals surface area contributed by atoms with Crippen LogP contribution >= 0.6 is 0 Å². The van der Waals surface area contributed by atoms with Crippen LogP contribution in [0.5, 0.6) is 5.75 Å². The van der Waals surface area contributed by atoms with Gasteiger partial charge in [-0.15, -0.1) is 0 Å².